The maximum Gasteiger partial charge on any atom is 0.194 e. The van der Waals surface area contributed by atoms with E-state index in [0.29, 0.717) is 18.8 Å². The van der Waals surface area contributed by atoms with E-state index in [0.717, 1.165) is 64.6 Å². The molecule has 33 heavy (non-hydrogen) atoms. The van der Waals surface area contributed by atoms with E-state index < -0.39 is 0 Å². The van der Waals surface area contributed by atoms with Gasteiger partial charge in [-0.3, -0.25) is 0 Å². The Hall–Kier alpha value is -1.65. The Balaban J connectivity index is 0.00000306. The molecule has 8 heteroatoms. The van der Waals surface area contributed by atoms with Gasteiger partial charge in [-0.25, -0.2) is 9.98 Å². The number of halogens is 1. The molecule has 0 amide bonds. The molecule has 1 atom stereocenters. The van der Waals surface area contributed by atoms with Crippen molar-refractivity contribution in [2.75, 3.05) is 32.8 Å². The van der Waals surface area contributed by atoms with Gasteiger partial charge in [0.1, 0.15) is 0 Å². The fourth-order valence-electron chi connectivity index (χ4n) is 4.35. The molecule has 7 nitrogen and oxygen atoms in total. The van der Waals surface area contributed by atoms with Crippen molar-refractivity contribution < 1.29 is 9.47 Å². The second kappa shape index (κ2) is 13.9. The molecule has 2 fully saturated rings. The Labute approximate surface area is 215 Å². The van der Waals surface area contributed by atoms with Crippen molar-refractivity contribution in [2.45, 2.75) is 64.3 Å². The normalized spacial score (nSPS) is 19.8. The van der Waals surface area contributed by atoms with Crippen molar-refractivity contribution in [3.05, 3.63) is 54.1 Å². The van der Waals surface area contributed by atoms with Crippen LogP contribution in [0, 0.1) is 0 Å². The monoisotopic (exact) mass is 567 g/mol. The number of hydrogen-bond acceptors (Lipinski definition) is 4. The number of guanidine groups is 1. The summed E-state index contributed by atoms with van der Waals surface area (Å²) in [5, 5.41) is 3.47. The van der Waals surface area contributed by atoms with Crippen LogP contribution in [0.15, 0.2) is 48.0 Å². The Bertz CT molecular complexity index is 814. The summed E-state index contributed by atoms with van der Waals surface area (Å²) in [5.74, 6) is 1.00. The number of piperidine rings is 1. The summed E-state index contributed by atoms with van der Waals surface area (Å²) in [6.07, 6.45) is 12.0. The molecule has 2 aliphatic rings. The maximum atomic E-state index is 6.17. The van der Waals surface area contributed by atoms with Crippen LogP contribution in [0.4, 0.5) is 0 Å². The Morgan fingerprint density at radius 2 is 1.94 bits per heavy atom. The topological polar surface area (TPSA) is 63.9 Å². The fraction of sp³-hybridized carbons (Fsp3) is 0.600. The van der Waals surface area contributed by atoms with Gasteiger partial charge in [-0.1, -0.05) is 24.3 Å². The first-order valence-corrected chi connectivity index (χ1v) is 12.1. The second-order valence-corrected chi connectivity index (χ2v) is 8.73. The third-order valence-electron chi connectivity index (χ3n) is 6.23. The molecule has 1 N–H and O–H groups in total. The van der Waals surface area contributed by atoms with Crippen LogP contribution in [0.5, 0.6) is 0 Å². The number of hydrogen-bond donors (Lipinski definition) is 1. The Kier molecular flexibility index (Phi) is 10.9. The molecule has 0 spiro atoms. The summed E-state index contributed by atoms with van der Waals surface area (Å²) in [6.45, 7) is 8.12. The highest BCUT2D eigenvalue weighted by Crippen LogP contribution is 2.18. The number of aromatic nitrogens is 2. The summed E-state index contributed by atoms with van der Waals surface area (Å²) in [6, 6.07) is 8.70. The predicted octanol–water partition coefficient (Wildman–Crippen LogP) is 4.07. The van der Waals surface area contributed by atoms with Crippen molar-refractivity contribution in [2.24, 2.45) is 4.99 Å². The lowest BCUT2D eigenvalue weighted by Crippen LogP contribution is -2.47. The standard InChI is InChI=1S/C25H37N5O2.HI/c1-2-27-25(28-17-21-6-8-22(9-7-21)18-29-15-12-26-20-29)30-13-10-23(11-14-30)32-19-24-5-3-4-16-31-24;/h6-9,12,15,20,23-24H,2-5,10-11,13-14,16-19H2,1H3,(H,27,28);1H. The molecule has 1 aromatic carbocycles. The van der Waals surface area contributed by atoms with Crippen molar-refractivity contribution in [1.29, 1.82) is 0 Å². The molecular weight excluding hydrogens is 529 g/mol. The minimum absolute atomic E-state index is 0. The fourth-order valence-corrected chi connectivity index (χ4v) is 4.35. The van der Waals surface area contributed by atoms with Crippen molar-refractivity contribution >= 4 is 29.9 Å². The molecule has 1 unspecified atom stereocenters. The van der Waals surface area contributed by atoms with Crippen LogP contribution in [-0.2, 0) is 22.6 Å². The molecule has 3 heterocycles. The average Bonchev–Trinajstić information content (AvgIpc) is 3.35. The third kappa shape index (κ3) is 8.26. The molecule has 1 aromatic heterocycles. The van der Waals surface area contributed by atoms with E-state index in [2.05, 4.69) is 51.0 Å². The zero-order chi connectivity index (χ0) is 22.0. The lowest BCUT2D eigenvalue weighted by atomic mass is 10.1. The van der Waals surface area contributed by atoms with Crippen LogP contribution in [0.1, 0.15) is 50.2 Å². The zero-order valence-corrected chi connectivity index (χ0v) is 22.0. The first-order chi connectivity index (χ1) is 15.8. The predicted molar refractivity (Wildman–Crippen MR) is 142 cm³/mol. The molecule has 4 rings (SSSR count). The SMILES string of the molecule is CCNC(=NCc1ccc(Cn2ccnc2)cc1)N1CCC(OCC2CCCCO2)CC1.I. The van der Waals surface area contributed by atoms with E-state index in [1.165, 1.54) is 24.0 Å². The van der Waals surface area contributed by atoms with Gasteiger partial charge in [0.2, 0.25) is 0 Å². The second-order valence-electron chi connectivity index (χ2n) is 8.73. The van der Waals surface area contributed by atoms with E-state index in [1.807, 2.05) is 18.7 Å². The van der Waals surface area contributed by atoms with Crippen LogP contribution in [0.25, 0.3) is 0 Å². The van der Waals surface area contributed by atoms with Gasteiger partial charge in [0.05, 0.1) is 31.7 Å². The zero-order valence-electron chi connectivity index (χ0n) is 19.7. The van der Waals surface area contributed by atoms with E-state index >= 15 is 0 Å². The van der Waals surface area contributed by atoms with Gasteiger partial charge >= 0.3 is 0 Å². The highest BCUT2D eigenvalue weighted by molar-refractivity contribution is 14.0. The summed E-state index contributed by atoms with van der Waals surface area (Å²) in [7, 11) is 0. The summed E-state index contributed by atoms with van der Waals surface area (Å²) in [4.78, 5) is 11.4. The molecule has 2 aliphatic heterocycles. The van der Waals surface area contributed by atoms with Crippen LogP contribution < -0.4 is 5.32 Å². The maximum absolute atomic E-state index is 6.17. The number of imidazole rings is 1. The highest BCUT2D eigenvalue weighted by Gasteiger charge is 2.23. The number of nitrogens with zero attached hydrogens (tertiary/aromatic N) is 4. The number of likely N-dealkylation sites (tertiary alicyclic amines) is 1. The van der Waals surface area contributed by atoms with Gasteiger partial charge in [-0.05, 0) is 50.2 Å². The van der Waals surface area contributed by atoms with Crippen molar-refractivity contribution in [3.8, 4) is 0 Å². The average molecular weight is 568 g/mol. The molecule has 2 aromatic rings. The van der Waals surface area contributed by atoms with Gasteiger partial charge in [-0.15, -0.1) is 24.0 Å². The minimum atomic E-state index is 0. The van der Waals surface area contributed by atoms with Gasteiger partial charge < -0.3 is 24.3 Å². The van der Waals surface area contributed by atoms with Crippen LogP contribution in [0.2, 0.25) is 0 Å². The van der Waals surface area contributed by atoms with E-state index in [4.69, 9.17) is 14.5 Å². The first-order valence-electron chi connectivity index (χ1n) is 12.1. The van der Waals surface area contributed by atoms with Gasteiger partial charge in [0.25, 0.3) is 0 Å². The lowest BCUT2D eigenvalue weighted by molar-refractivity contribution is -0.0721. The van der Waals surface area contributed by atoms with Crippen LogP contribution >= 0.6 is 24.0 Å². The van der Waals surface area contributed by atoms with Crippen LogP contribution in [0.3, 0.4) is 0 Å². The smallest absolute Gasteiger partial charge is 0.194 e. The molecular formula is C25H38IN5O2. The number of benzene rings is 1. The summed E-state index contributed by atoms with van der Waals surface area (Å²) in [5.41, 5.74) is 2.49. The quantitative estimate of drug-likeness (QED) is 0.296. The van der Waals surface area contributed by atoms with Gasteiger partial charge in [0, 0.05) is 45.2 Å². The first kappa shape index (κ1) is 26.0. The third-order valence-corrected chi connectivity index (χ3v) is 6.23. The van der Waals surface area contributed by atoms with Crippen molar-refractivity contribution in [3.63, 3.8) is 0 Å². The van der Waals surface area contributed by atoms with E-state index in [-0.39, 0.29) is 24.0 Å². The Morgan fingerprint density at radius 3 is 2.61 bits per heavy atom. The summed E-state index contributed by atoms with van der Waals surface area (Å²) >= 11 is 0. The number of nitrogens with one attached hydrogen (secondary N) is 1. The van der Waals surface area contributed by atoms with E-state index in [1.54, 1.807) is 0 Å². The number of aliphatic imine (C=N–C) groups is 1. The molecule has 0 bridgehead atoms. The van der Waals surface area contributed by atoms with E-state index in [9.17, 15) is 0 Å². The molecule has 2 saturated heterocycles. The van der Waals surface area contributed by atoms with Gasteiger partial charge in [-0.2, -0.15) is 0 Å². The number of rotatable bonds is 8. The molecule has 0 radical (unpaired) electrons. The Morgan fingerprint density at radius 1 is 1.15 bits per heavy atom. The number of ether oxygens (including phenoxy) is 2. The van der Waals surface area contributed by atoms with Crippen molar-refractivity contribution in [1.82, 2.24) is 19.8 Å². The molecule has 0 saturated carbocycles. The lowest BCUT2D eigenvalue weighted by Gasteiger charge is -2.35. The highest BCUT2D eigenvalue weighted by atomic mass is 127. The largest absolute Gasteiger partial charge is 0.376 e. The summed E-state index contributed by atoms with van der Waals surface area (Å²) < 4.78 is 14.0. The van der Waals surface area contributed by atoms with Crippen LogP contribution in [-0.4, -0.2) is 65.5 Å². The molecule has 182 valence electrons. The minimum Gasteiger partial charge on any atom is -0.376 e. The van der Waals surface area contributed by atoms with Gasteiger partial charge in [0.15, 0.2) is 5.96 Å². The molecule has 0 aliphatic carbocycles.